The molecule has 1 aliphatic heterocycles. The van der Waals surface area contributed by atoms with E-state index in [1.54, 1.807) is 11.1 Å². The van der Waals surface area contributed by atoms with Crippen LogP contribution in [0.4, 0.5) is 3.89 Å². The highest BCUT2D eigenvalue weighted by molar-refractivity contribution is 7.86. The molecule has 1 saturated heterocycles. The molecule has 2 aromatic rings. The number of benzene rings is 1. The summed E-state index contributed by atoms with van der Waals surface area (Å²) in [6, 6.07) is 9.71. The van der Waals surface area contributed by atoms with Crippen LogP contribution in [0.15, 0.2) is 36.5 Å². The number of carbonyl (C=O) groups excluding carboxylic acids is 1. The summed E-state index contributed by atoms with van der Waals surface area (Å²) in [7, 11) is -4.54. The maximum Gasteiger partial charge on any atom is 0.302 e. The van der Waals surface area contributed by atoms with Gasteiger partial charge in [0.05, 0.1) is 11.3 Å². The molecule has 1 atom stereocenters. The molecule has 7 heteroatoms. The average molecular weight is 336 g/mol. The van der Waals surface area contributed by atoms with Gasteiger partial charge >= 0.3 is 10.2 Å². The van der Waals surface area contributed by atoms with Crippen LogP contribution in [0.5, 0.6) is 0 Å². The SMILES string of the molecule is O=C1CC(CS(=O)(=O)F)CN1CCc1cccc2ncccc12. The Hall–Kier alpha value is -2.02. The van der Waals surface area contributed by atoms with Crippen molar-refractivity contribution in [2.24, 2.45) is 5.92 Å². The topological polar surface area (TPSA) is 67.3 Å². The average Bonchev–Trinajstić information content (AvgIpc) is 2.82. The molecular weight excluding hydrogens is 319 g/mol. The summed E-state index contributed by atoms with van der Waals surface area (Å²) in [5.74, 6) is -1.14. The number of aromatic nitrogens is 1. The van der Waals surface area contributed by atoms with Gasteiger partial charge in [-0.1, -0.05) is 18.2 Å². The third kappa shape index (κ3) is 3.85. The predicted molar refractivity (Wildman–Crippen MR) is 85.0 cm³/mol. The summed E-state index contributed by atoms with van der Waals surface area (Å²) in [5.41, 5.74) is 1.99. The zero-order chi connectivity index (χ0) is 16.4. The fourth-order valence-electron chi connectivity index (χ4n) is 3.10. The molecule has 5 nitrogen and oxygen atoms in total. The summed E-state index contributed by atoms with van der Waals surface area (Å²) in [5, 5.41) is 1.05. The smallest absolute Gasteiger partial charge is 0.302 e. The molecule has 1 aliphatic rings. The van der Waals surface area contributed by atoms with E-state index in [2.05, 4.69) is 4.98 Å². The highest BCUT2D eigenvalue weighted by Gasteiger charge is 2.32. The van der Waals surface area contributed by atoms with Gasteiger partial charge in [0.2, 0.25) is 5.91 Å². The quantitative estimate of drug-likeness (QED) is 0.783. The fraction of sp³-hybridized carbons (Fsp3) is 0.375. The van der Waals surface area contributed by atoms with Crippen LogP contribution >= 0.6 is 0 Å². The number of halogens is 1. The van der Waals surface area contributed by atoms with Gasteiger partial charge in [-0.05, 0) is 24.1 Å². The molecule has 122 valence electrons. The molecule has 1 amide bonds. The van der Waals surface area contributed by atoms with Crippen LogP contribution in [-0.2, 0) is 21.4 Å². The minimum absolute atomic E-state index is 0.0975. The lowest BCUT2D eigenvalue weighted by Gasteiger charge is -2.17. The van der Waals surface area contributed by atoms with E-state index >= 15 is 0 Å². The number of rotatable bonds is 5. The molecule has 23 heavy (non-hydrogen) atoms. The van der Waals surface area contributed by atoms with Gasteiger partial charge < -0.3 is 4.90 Å². The third-order valence-electron chi connectivity index (χ3n) is 4.12. The van der Waals surface area contributed by atoms with Gasteiger partial charge in [-0.15, -0.1) is 3.89 Å². The van der Waals surface area contributed by atoms with E-state index in [-0.39, 0.29) is 12.3 Å². The van der Waals surface area contributed by atoms with E-state index in [0.29, 0.717) is 19.5 Å². The summed E-state index contributed by atoms with van der Waals surface area (Å²) in [6.07, 6.45) is 2.49. The van der Waals surface area contributed by atoms with Crippen LogP contribution in [0.25, 0.3) is 10.9 Å². The monoisotopic (exact) mass is 336 g/mol. The first-order chi connectivity index (χ1) is 10.9. The molecule has 2 heterocycles. The van der Waals surface area contributed by atoms with Gasteiger partial charge in [-0.3, -0.25) is 9.78 Å². The van der Waals surface area contributed by atoms with Crippen LogP contribution in [0.1, 0.15) is 12.0 Å². The second-order valence-corrected chi connectivity index (χ2v) is 7.26. The van der Waals surface area contributed by atoms with Crippen molar-refractivity contribution >= 4 is 27.0 Å². The van der Waals surface area contributed by atoms with Crippen LogP contribution in [0.3, 0.4) is 0 Å². The van der Waals surface area contributed by atoms with Crippen LogP contribution in [-0.4, -0.2) is 43.1 Å². The van der Waals surface area contributed by atoms with Gasteiger partial charge in [0.25, 0.3) is 0 Å². The largest absolute Gasteiger partial charge is 0.342 e. The lowest BCUT2D eigenvalue weighted by atomic mass is 10.1. The molecular formula is C16H17FN2O3S. The van der Waals surface area contributed by atoms with E-state index < -0.39 is 21.9 Å². The molecule has 0 radical (unpaired) electrons. The first-order valence-corrected chi connectivity index (χ1v) is 9.00. The van der Waals surface area contributed by atoms with Crippen LogP contribution in [0.2, 0.25) is 0 Å². The Labute approximate surface area is 134 Å². The third-order valence-corrected chi connectivity index (χ3v) is 4.99. The minimum Gasteiger partial charge on any atom is -0.342 e. The molecule has 1 aromatic heterocycles. The Balaban J connectivity index is 1.67. The molecule has 0 saturated carbocycles. The fourth-order valence-corrected chi connectivity index (χ4v) is 3.89. The number of amides is 1. The summed E-state index contributed by atoms with van der Waals surface area (Å²) < 4.78 is 34.2. The normalized spacial score (nSPS) is 18.7. The molecule has 1 unspecified atom stereocenters. The highest BCUT2D eigenvalue weighted by Crippen LogP contribution is 2.22. The number of likely N-dealkylation sites (tertiary alicyclic amines) is 1. The van der Waals surface area contributed by atoms with Crippen molar-refractivity contribution in [3.8, 4) is 0 Å². The number of hydrogen-bond acceptors (Lipinski definition) is 4. The minimum atomic E-state index is -4.54. The summed E-state index contributed by atoms with van der Waals surface area (Å²) >= 11 is 0. The molecule has 0 bridgehead atoms. The molecule has 0 N–H and O–H groups in total. The van der Waals surface area contributed by atoms with Crippen molar-refractivity contribution in [1.29, 1.82) is 0 Å². The predicted octanol–water partition coefficient (Wildman–Crippen LogP) is 1.93. The number of nitrogens with zero attached hydrogens (tertiary/aromatic N) is 2. The Morgan fingerprint density at radius 2 is 2.09 bits per heavy atom. The van der Waals surface area contributed by atoms with Crippen molar-refractivity contribution in [3.63, 3.8) is 0 Å². The molecule has 3 rings (SSSR count). The maximum atomic E-state index is 12.8. The Kier molecular flexibility index (Phi) is 4.30. The number of carbonyl (C=O) groups is 1. The summed E-state index contributed by atoms with van der Waals surface area (Å²) in [4.78, 5) is 17.9. The van der Waals surface area contributed by atoms with Gasteiger partial charge in [-0.2, -0.15) is 8.42 Å². The first-order valence-electron chi connectivity index (χ1n) is 7.45. The van der Waals surface area contributed by atoms with Gasteiger partial charge in [-0.25, -0.2) is 0 Å². The van der Waals surface area contributed by atoms with E-state index in [9.17, 15) is 17.1 Å². The number of fused-ring (bicyclic) bond motifs is 1. The molecule has 0 aliphatic carbocycles. The lowest BCUT2D eigenvalue weighted by molar-refractivity contribution is -0.127. The second-order valence-electron chi connectivity index (χ2n) is 5.85. The maximum absolute atomic E-state index is 12.8. The van der Waals surface area contributed by atoms with Crippen molar-refractivity contribution in [1.82, 2.24) is 9.88 Å². The Morgan fingerprint density at radius 1 is 1.26 bits per heavy atom. The number of hydrogen-bond donors (Lipinski definition) is 0. The van der Waals surface area contributed by atoms with Gasteiger partial charge in [0.1, 0.15) is 0 Å². The standard InChI is InChI=1S/C16H17FN2O3S/c17-23(21,22)11-12-9-16(20)19(10-12)8-6-13-3-1-5-15-14(13)4-2-7-18-15/h1-5,7,12H,6,8-11H2. The van der Waals surface area contributed by atoms with E-state index in [1.165, 1.54) is 0 Å². The number of pyridine rings is 1. The van der Waals surface area contributed by atoms with E-state index in [4.69, 9.17) is 0 Å². The summed E-state index contributed by atoms with van der Waals surface area (Å²) in [6.45, 7) is 0.792. The van der Waals surface area contributed by atoms with Gasteiger partial charge in [0, 0.05) is 37.0 Å². The Bertz CT molecular complexity index is 833. The van der Waals surface area contributed by atoms with Crippen molar-refractivity contribution < 1.29 is 17.1 Å². The zero-order valence-corrected chi connectivity index (χ0v) is 13.3. The van der Waals surface area contributed by atoms with E-state index in [1.807, 2.05) is 30.3 Å². The Morgan fingerprint density at radius 3 is 2.87 bits per heavy atom. The van der Waals surface area contributed by atoms with Crippen molar-refractivity contribution in [2.45, 2.75) is 12.8 Å². The van der Waals surface area contributed by atoms with Crippen molar-refractivity contribution in [2.75, 3.05) is 18.8 Å². The van der Waals surface area contributed by atoms with Crippen LogP contribution in [0, 0.1) is 5.92 Å². The first kappa shape index (κ1) is 15.9. The highest BCUT2D eigenvalue weighted by atomic mass is 32.3. The zero-order valence-electron chi connectivity index (χ0n) is 12.5. The second kappa shape index (κ2) is 6.23. The van der Waals surface area contributed by atoms with Gasteiger partial charge in [0.15, 0.2) is 0 Å². The molecule has 0 spiro atoms. The molecule has 1 aromatic carbocycles. The van der Waals surface area contributed by atoms with Crippen molar-refractivity contribution in [3.05, 3.63) is 42.1 Å². The van der Waals surface area contributed by atoms with Crippen LogP contribution < -0.4 is 0 Å². The van der Waals surface area contributed by atoms with E-state index in [0.717, 1.165) is 16.5 Å². The lowest BCUT2D eigenvalue weighted by Crippen LogP contribution is -2.28. The molecule has 1 fully saturated rings.